The van der Waals surface area contributed by atoms with E-state index in [9.17, 15) is 4.79 Å². The average molecular weight is 287 g/mol. The highest BCUT2D eigenvalue weighted by atomic mass is 16.5. The van der Waals surface area contributed by atoms with Crippen molar-refractivity contribution >= 4 is 5.78 Å². The normalized spacial score (nSPS) is 10.9. The maximum atomic E-state index is 12.2. The zero-order chi connectivity index (χ0) is 15.2. The van der Waals surface area contributed by atoms with Crippen molar-refractivity contribution in [1.29, 1.82) is 0 Å². The smallest absolute Gasteiger partial charge is 0.144 e. The first kappa shape index (κ1) is 15.2. The molecule has 0 bridgehead atoms. The number of benzene rings is 1. The van der Waals surface area contributed by atoms with Gasteiger partial charge in [-0.15, -0.1) is 0 Å². The van der Waals surface area contributed by atoms with Gasteiger partial charge in [-0.05, 0) is 23.6 Å². The molecule has 5 heteroatoms. The van der Waals surface area contributed by atoms with Crippen molar-refractivity contribution in [3.05, 3.63) is 42.0 Å². The summed E-state index contributed by atoms with van der Waals surface area (Å²) in [6, 6.07) is 7.58. The van der Waals surface area contributed by atoms with Gasteiger partial charge in [0.25, 0.3) is 0 Å². The highest BCUT2D eigenvalue weighted by Gasteiger charge is 2.12. The number of hydrogen-bond donors (Lipinski definition) is 0. The van der Waals surface area contributed by atoms with Gasteiger partial charge in [-0.1, -0.05) is 26.0 Å². The Kier molecular flexibility index (Phi) is 5.09. The number of aromatic nitrogens is 3. The summed E-state index contributed by atoms with van der Waals surface area (Å²) < 4.78 is 6.98. The van der Waals surface area contributed by atoms with E-state index >= 15 is 0 Å². The minimum absolute atomic E-state index is 0.126. The molecule has 0 amide bonds. The lowest BCUT2D eigenvalue weighted by molar-refractivity contribution is -0.117. The quantitative estimate of drug-likeness (QED) is 0.784. The van der Waals surface area contributed by atoms with E-state index in [4.69, 9.17) is 4.74 Å². The molecule has 0 N–H and O–H groups in total. The number of ether oxygens (including phenoxy) is 1. The molecule has 112 valence electrons. The second-order valence-electron chi connectivity index (χ2n) is 5.50. The number of rotatable bonds is 7. The van der Waals surface area contributed by atoms with Crippen molar-refractivity contribution in [3.8, 4) is 5.75 Å². The van der Waals surface area contributed by atoms with Gasteiger partial charge in [-0.25, -0.2) is 9.67 Å². The summed E-state index contributed by atoms with van der Waals surface area (Å²) in [5.74, 6) is 2.10. The van der Waals surface area contributed by atoms with Gasteiger partial charge >= 0.3 is 0 Å². The summed E-state index contributed by atoms with van der Waals surface area (Å²) in [4.78, 5) is 16.4. The van der Waals surface area contributed by atoms with Crippen LogP contribution >= 0.6 is 0 Å². The van der Waals surface area contributed by atoms with E-state index in [2.05, 4.69) is 23.9 Å². The molecule has 0 spiro atoms. The van der Waals surface area contributed by atoms with Gasteiger partial charge in [0.05, 0.1) is 13.5 Å². The van der Waals surface area contributed by atoms with Crippen molar-refractivity contribution in [2.75, 3.05) is 7.11 Å². The number of carbonyl (C=O) groups is 1. The summed E-state index contributed by atoms with van der Waals surface area (Å²) in [6.07, 6.45) is 2.20. The number of ketones is 1. The van der Waals surface area contributed by atoms with Gasteiger partial charge in [0.2, 0.25) is 0 Å². The molecule has 0 aliphatic carbocycles. The molecule has 0 aliphatic heterocycles. The first-order valence-corrected chi connectivity index (χ1v) is 7.09. The Labute approximate surface area is 125 Å². The zero-order valence-corrected chi connectivity index (χ0v) is 12.7. The van der Waals surface area contributed by atoms with E-state index in [1.807, 2.05) is 28.9 Å². The predicted octanol–water partition coefficient (Wildman–Crippen LogP) is 2.30. The number of nitrogens with zero attached hydrogens (tertiary/aromatic N) is 3. The van der Waals surface area contributed by atoms with E-state index in [0.717, 1.165) is 23.7 Å². The number of methoxy groups -OCH3 is 1. The van der Waals surface area contributed by atoms with Crippen LogP contribution in [0.2, 0.25) is 0 Å². The molecule has 0 aliphatic rings. The molecule has 5 nitrogen and oxygen atoms in total. The van der Waals surface area contributed by atoms with Crippen LogP contribution < -0.4 is 4.74 Å². The van der Waals surface area contributed by atoms with Crippen LogP contribution in [0.25, 0.3) is 0 Å². The van der Waals surface area contributed by atoms with E-state index in [1.54, 1.807) is 7.11 Å². The van der Waals surface area contributed by atoms with Crippen LogP contribution in [0.5, 0.6) is 5.75 Å². The van der Waals surface area contributed by atoms with Gasteiger partial charge in [-0.3, -0.25) is 4.79 Å². The Balaban J connectivity index is 2.00. The molecule has 2 aromatic rings. The molecule has 0 radical (unpaired) electrons. The van der Waals surface area contributed by atoms with Crippen molar-refractivity contribution < 1.29 is 9.53 Å². The summed E-state index contributed by atoms with van der Waals surface area (Å²) in [5.41, 5.74) is 0.953. The largest absolute Gasteiger partial charge is 0.497 e. The minimum atomic E-state index is 0.126. The number of Topliss-reactive ketones (excluding diaryl/α,β-unsaturated/α-hetero) is 1. The van der Waals surface area contributed by atoms with Crippen LogP contribution in [0.15, 0.2) is 30.6 Å². The van der Waals surface area contributed by atoms with Crippen molar-refractivity contribution in [1.82, 2.24) is 14.8 Å². The standard InChI is InChI=1S/C16H21N3O2/c1-12(2)10-19-16(17-11-18-19)9-14(20)7-13-5-4-6-15(8-13)21-3/h4-6,8,11-12H,7,9-10H2,1-3H3. The Morgan fingerprint density at radius 3 is 2.86 bits per heavy atom. The van der Waals surface area contributed by atoms with E-state index in [0.29, 0.717) is 18.8 Å². The fraction of sp³-hybridized carbons (Fsp3) is 0.438. The van der Waals surface area contributed by atoms with Gasteiger partial charge in [0.15, 0.2) is 0 Å². The third-order valence-corrected chi connectivity index (χ3v) is 3.12. The average Bonchev–Trinajstić information content (AvgIpc) is 2.85. The number of carbonyl (C=O) groups excluding carboxylic acids is 1. The monoisotopic (exact) mass is 287 g/mol. The van der Waals surface area contributed by atoms with Gasteiger partial charge < -0.3 is 4.74 Å². The Bertz CT molecular complexity index is 605. The number of hydrogen-bond acceptors (Lipinski definition) is 4. The first-order valence-electron chi connectivity index (χ1n) is 7.09. The molecular formula is C16H21N3O2. The highest BCUT2D eigenvalue weighted by molar-refractivity contribution is 5.82. The molecule has 0 atom stereocenters. The van der Waals surface area contributed by atoms with Crippen molar-refractivity contribution in [2.45, 2.75) is 33.2 Å². The second kappa shape index (κ2) is 7.02. The SMILES string of the molecule is COc1cccc(CC(=O)Cc2ncnn2CC(C)C)c1. The molecule has 2 rings (SSSR count). The van der Waals surface area contributed by atoms with Crippen LogP contribution in [0, 0.1) is 5.92 Å². The van der Waals surface area contributed by atoms with Crippen molar-refractivity contribution in [3.63, 3.8) is 0 Å². The lowest BCUT2D eigenvalue weighted by atomic mass is 10.1. The topological polar surface area (TPSA) is 57.0 Å². The third kappa shape index (κ3) is 4.41. The lowest BCUT2D eigenvalue weighted by Crippen LogP contribution is -2.15. The predicted molar refractivity (Wildman–Crippen MR) is 80.3 cm³/mol. The van der Waals surface area contributed by atoms with Crippen LogP contribution in [0.4, 0.5) is 0 Å². The van der Waals surface area contributed by atoms with Crippen molar-refractivity contribution in [2.24, 2.45) is 5.92 Å². The summed E-state index contributed by atoms with van der Waals surface area (Å²) in [6.45, 7) is 5.01. The van der Waals surface area contributed by atoms with Gasteiger partial charge in [0, 0.05) is 13.0 Å². The molecular weight excluding hydrogens is 266 g/mol. The van der Waals surface area contributed by atoms with E-state index in [1.165, 1.54) is 6.33 Å². The third-order valence-electron chi connectivity index (χ3n) is 3.12. The van der Waals surface area contributed by atoms with Crippen LogP contribution in [-0.2, 0) is 24.2 Å². The molecule has 0 saturated heterocycles. The van der Waals surface area contributed by atoms with Crippen LogP contribution in [0.3, 0.4) is 0 Å². The molecule has 1 aromatic heterocycles. The lowest BCUT2D eigenvalue weighted by Gasteiger charge is -2.08. The van der Waals surface area contributed by atoms with Gasteiger partial charge in [-0.2, -0.15) is 5.10 Å². The summed E-state index contributed by atoms with van der Waals surface area (Å²) in [5, 5.41) is 4.18. The fourth-order valence-corrected chi connectivity index (χ4v) is 2.17. The summed E-state index contributed by atoms with van der Waals surface area (Å²) in [7, 11) is 1.62. The summed E-state index contributed by atoms with van der Waals surface area (Å²) >= 11 is 0. The Morgan fingerprint density at radius 2 is 2.14 bits per heavy atom. The minimum Gasteiger partial charge on any atom is -0.497 e. The van der Waals surface area contributed by atoms with Crippen LogP contribution in [-0.4, -0.2) is 27.7 Å². The molecule has 0 unspecified atom stereocenters. The second-order valence-corrected chi connectivity index (χ2v) is 5.50. The zero-order valence-electron chi connectivity index (χ0n) is 12.7. The van der Waals surface area contributed by atoms with Gasteiger partial charge in [0.1, 0.15) is 23.7 Å². The Hall–Kier alpha value is -2.17. The van der Waals surface area contributed by atoms with E-state index in [-0.39, 0.29) is 5.78 Å². The fourth-order valence-electron chi connectivity index (χ4n) is 2.17. The van der Waals surface area contributed by atoms with E-state index < -0.39 is 0 Å². The van der Waals surface area contributed by atoms with Crippen LogP contribution in [0.1, 0.15) is 25.2 Å². The maximum absolute atomic E-state index is 12.2. The molecule has 0 saturated carbocycles. The molecule has 1 heterocycles. The molecule has 0 fully saturated rings. The molecule has 1 aromatic carbocycles. The Morgan fingerprint density at radius 1 is 1.33 bits per heavy atom. The maximum Gasteiger partial charge on any atom is 0.144 e. The highest BCUT2D eigenvalue weighted by Crippen LogP contribution is 2.14. The first-order chi connectivity index (χ1) is 10.1. The molecule has 21 heavy (non-hydrogen) atoms.